The van der Waals surface area contributed by atoms with Crippen LogP contribution in [0.15, 0.2) is 66.7 Å². The number of phenols is 1. The van der Waals surface area contributed by atoms with E-state index >= 15 is 0 Å². The Labute approximate surface area is 173 Å². The van der Waals surface area contributed by atoms with E-state index in [0.29, 0.717) is 16.9 Å². The lowest BCUT2D eigenvalue weighted by atomic mass is 9.96. The third-order valence-electron chi connectivity index (χ3n) is 4.93. The first kappa shape index (κ1) is 19.3. The lowest BCUT2D eigenvalue weighted by Gasteiger charge is -2.22. The summed E-state index contributed by atoms with van der Waals surface area (Å²) in [7, 11) is 0. The summed E-state index contributed by atoms with van der Waals surface area (Å²) in [6, 6.07) is 19.0. The average molecular weight is 400 g/mol. The topological polar surface area (TPSA) is 101 Å². The molecule has 0 spiro atoms. The Morgan fingerprint density at radius 3 is 2.33 bits per heavy atom. The van der Waals surface area contributed by atoms with E-state index in [-0.39, 0.29) is 11.4 Å². The number of hydrogen-bond donors (Lipinski definition) is 2. The fourth-order valence-corrected chi connectivity index (χ4v) is 3.42. The number of hydrogen-bond acceptors (Lipinski definition) is 6. The van der Waals surface area contributed by atoms with Gasteiger partial charge in [0.25, 0.3) is 5.69 Å². The molecule has 0 radical (unpaired) electrons. The molecule has 2 heterocycles. The zero-order chi connectivity index (χ0) is 21.3. The zero-order valence-electron chi connectivity index (χ0n) is 16.5. The van der Waals surface area contributed by atoms with Gasteiger partial charge in [-0.15, -0.1) is 0 Å². The Bertz CT molecular complexity index is 1240. The van der Waals surface area contributed by atoms with Crippen LogP contribution in [0, 0.1) is 24.0 Å². The summed E-state index contributed by atoms with van der Waals surface area (Å²) in [5.74, 6) is 0.703. The lowest BCUT2D eigenvalue weighted by molar-refractivity contribution is -0.384. The molecule has 0 aliphatic rings. The maximum Gasteiger partial charge on any atom is 0.269 e. The molecule has 0 unspecified atom stereocenters. The number of nitro benzene ring substituents is 1. The van der Waals surface area contributed by atoms with E-state index in [1.165, 1.54) is 12.1 Å². The molecular formula is C23H20N4O3. The molecule has 0 amide bonds. The van der Waals surface area contributed by atoms with Gasteiger partial charge in [-0.25, -0.2) is 9.97 Å². The van der Waals surface area contributed by atoms with Crippen molar-refractivity contribution in [2.45, 2.75) is 19.9 Å². The first-order chi connectivity index (χ1) is 14.4. The van der Waals surface area contributed by atoms with Crippen molar-refractivity contribution in [3.63, 3.8) is 0 Å². The second-order valence-corrected chi connectivity index (χ2v) is 7.12. The van der Waals surface area contributed by atoms with E-state index in [0.717, 1.165) is 22.3 Å². The lowest BCUT2D eigenvalue weighted by Crippen LogP contribution is -2.14. The molecule has 0 bridgehead atoms. The number of aromatic nitrogens is 2. The molecule has 0 aliphatic heterocycles. The highest BCUT2D eigenvalue weighted by molar-refractivity contribution is 5.86. The Morgan fingerprint density at radius 1 is 0.933 bits per heavy atom. The fourth-order valence-electron chi connectivity index (χ4n) is 3.42. The van der Waals surface area contributed by atoms with Crippen LogP contribution in [-0.4, -0.2) is 20.0 Å². The molecular weight excluding hydrogens is 380 g/mol. The molecule has 0 fully saturated rings. The van der Waals surface area contributed by atoms with Crippen LogP contribution in [0.25, 0.3) is 10.9 Å². The van der Waals surface area contributed by atoms with E-state index in [2.05, 4.69) is 15.3 Å². The number of pyridine rings is 2. The van der Waals surface area contributed by atoms with Crippen LogP contribution in [-0.2, 0) is 0 Å². The van der Waals surface area contributed by atoms with Gasteiger partial charge in [-0.2, -0.15) is 0 Å². The Morgan fingerprint density at radius 2 is 1.63 bits per heavy atom. The maximum atomic E-state index is 11.0. The van der Waals surface area contributed by atoms with E-state index in [1.54, 1.807) is 12.1 Å². The predicted molar refractivity (Wildman–Crippen MR) is 116 cm³/mol. The minimum atomic E-state index is -0.480. The Balaban J connectivity index is 1.85. The molecule has 0 aliphatic carbocycles. The van der Waals surface area contributed by atoms with Crippen LogP contribution in [0.4, 0.5) is 11.5 Å². The summed E-state index contributed by atoms with van der Waals surface area (Å²) in [6.45, 7) is 3.76. The average Bonchev–Trinajstić information content (AvgIpc) is 2.73. The largest absolute Gasteiger partial charge is 0.505 e. The number of fused-ring (bicyclic) bond motifs is 1. The van der Waals surface area contributed by atoms with Gasteiger partial charge < -0.3 is 10.4 Å². The monoisotopic (exact) mass is 400 g/mol. The summed E-state index contributed by atoms with van der Waals surface area (Å²) in [5.41, 5.74) is 3.53. The number of nitro groups is 1. The smallest absolute Gasteiger partial charge is 0.269 e. The van der Waals surface area contributed by atoms with E-state index in [9.17, 15) is 15.2 Å². The molecule has 0 saturated carbocycles. The van der Waals surface area contributed by atoms with Crippen molar-refractivity contribution in [3.05, 3.63) is 99.4 Å². The first-order valence-electron chi connectivity index (χ1n) is 9.46. The van der Waals surface area contributed by atoms with Gasteiger partial charge in [0.2, 0.25) is 0 Å². The summed E-state index contributed by atoms with van der Waals surface area (Å²) >= 11 is 0. The van der Waals surface area contributed by atoms with Crippen molar-refractivity contribution < 1.29 is 10.0 Å². The molecule has 7 nitrogen and oxygen atoms in total. The predicted octanol–water partition coefficient (Wildman–Crippen LogP) is 5.06. The SMILES string of the molecule is Cc1cccc(N[C@@H](c2ccc([N+](=O)[O-])cc2)c2ccc3ccc(C)nc3c2O)n1. The molecule has 7 heteroatoms. The van der Waals surface area contributed by atoms with Crippen molar-refractivity contribution in [1.82, 2.24) is 9.97 Å². The Hall–Kier alpha value is -4.00. The number of anilines is 1. The number of aryl methyl sites for hydroxylation is 2. The minimum absolute atomic E-state index is 0.00575. The van der Waals surface area contributed by atoms with Crippen LogP contribution in [0.2, 0.25) is 0 Å². The molecule has 150 valence electrons. The van der Waals surface area contributed by atoms with Crippen LogP contribution in [0.1, 0.15) is 28.6 Å². The van der Waals surface area contributed by atoms with Gasteiger partial charge in [-0.3, -0.25) is 10.1 Å². The molecule has 4 aromatic rings. The van der Waals surface area contributed by atoms with Gasteiger partial charge in [-0.05, 0) is 49.7 Å². The fraction of sp³-hybridized carbons (Fsp3) is 0.130. The highest BCUT2D eigenvalue weighted by atomic mass is 16.6. The molecule has 2 aromatic carbocycles. The molecule has 30 heavy (non-hydrogen) atoms. The molecule has 4 rings (SSSR count). The molecule has 2 aromatic heterocycles. The number of benzene rings is 2. The second kappa shape index (κ2) is 7.79. The summed E-state index contributed by atoms with van der Waals surface area (Å²) in [4.78, 5) is 19.6. The number of nitrogens with zero attached hydrogens (tertiary/aromatic N) is 3. The molecule has 2 N–H and O–H groups in total. The van der Waals surface area contributed by atoms with Gasteiger partial charge in [0.1, 0.15) is 17.1 Å². The normalized spacial score (nSPS) is 11.9. The van der Waals surface area contributed by atoms with Gasteiger partial charge in [0.05, 0.1) is 11.0 Å². The van der Waals surface area contributed by atoms with Crippen molar-refractivity contribution in [2.24, 2.45) is 0 Å². The van der Waals surface area contributed by atoms with E-state index in [1.807, 2.05) is 56.3 Å². The summed E-state index contributed by atoms with van der Waals surface area (Å²) < 4.78 is 0. The van der Waals surface area contributed by atoms with Gasteiger partial charge >= 0.3 is 0 Å². The summed E-state index contributed by atoms with van der Waals surface area (Å²) in [6.07, 6.45) is 0. The van der Waals surface area contributed by atoms with E-state index in [4.69, 9.17) is 0 Å². The number of rotatable bonds is 5. The molecule has 1 atom stereocenters. The third-order valence-corrected chi connectivity index (χ3v) is 4.93. The van der Waals surface area contributed by atoms with Crippen LogP contribution in [0.5, 0.6) is 5.75 Å². The van der Waals surface area contributed by atoms with Crippen molar-refractivity contribution >= 4 is 22.4 Å². The van der Waals surface area contributed by atoms with Crippen LogP contribution in [0.3, 0.4) is 0 Å². The highest BCUT2D eigenvalue weighted by Gasteiger charge is 2.21. The van der Waals surface area contributed by atoms with Crippen molar-refractivity contribution in [3.8, 4) is 5.75 Å². The number of non-ortho nitro benzene ring substituents is 1. The van der Waals surface area contributed by atoms with Crippen LogP contribution < -0.4 is 5.32 Å². The van der Waals surface area contributed by atoms with Crippen LogP contribution >= 0.6 is 0 Å². The third kappa shape index (κ3) is 3.77. The number of phenolic OH excluding ortho intramolecular Hbond substituents is 1. The quantitative estimate of drug-likeness (QED) is 0.359. The first-order valence-corrected chi connectivity index (χ1v) is 9.46. The van der Waals surface area contributed by atoms with Gasteiger partial charge in [0, 0.05) is 34.5 Å². The zero-order valence-corrected chi connectivity index (χ0v) is 16.5. The highest BCUT2D eigenvalue weighted by Crippen LogP contribution is 2.36. The van der Waals surface area contributed by atoms with Crippen molar-refractivity contribution in [1.29, 1.82) is 0 Å². The standard InChI is InChI=1S/C23H20N4O3/c1-14-4-3-5-20(24-14)26-21(16-8-11-18(12-9-16)27(29)30)19-13-10-17-7-6-15(2)25-22(17)23(19)28/h3-13,21,28H,1-2H3,(H,24,26)/t21-/m0/s1. The van der Waals surface area contributed by atoms with Gasteiger partial charge in [0.15, 0.2) is 0 Å². The van der Waals surface area contributed by atoms with Crippen molar-refractivity contribution in [2.75, 3.05) is 5.32 Å². The van der Waals surface area contributed by atoms with Gasteiger partial charge in [-0.1, -0.05) is 24.3 Å². The Kier molecular flexibility index (Phi) is 5.02. The van der Waals surface area contributed by atoms with E-state index < -0.39 is 11.0 Å². The minimum Gasteiger partial charge on any atom is -0.505 e. The summed E-state index contributed by atoms with van der Waals surface area (Å²) in [5, 5.41) is 26.3. The number of aromatic hydroxyl groups is 1. The maximum absolute atomic E-state index is 11.0. The number of nitrogens with one attached hydrogen (secondary N) is 1. The molecule has 0 saturated heterocycles. The second-order valence-electron chi connectivity index (χ2n) is 7.12.